The van der Waals surface area contributed by atoms with E-state index in [0.29, 0.717) is 24.1 Å². The normalized spacial score (nSPS) is 10.9. The van der Waals surface area contributed by atoms with E-state index in [1.165, 1.54) is 17.3 Å². The third kappa shape index (κ3) is 5.64. The van der Waals surface area contributed by atoms with E-state index >= 15 is 0 Å². The van der Waals surface area contributed by atoms with Crippen LogP contribution in [0.4, 0.5) is 0 Å². The number of carbonyl (C=O) groups is 1. The van der Waals surface area contributed by atoms with Crippen LogP contribution in [0.25, 0.3) is 0 Å². The summed E-state index contributed by atoms with van der Waals surface area (Å²) in [4.78, 5) is 18.4. The lowest BCUT2D eigenvalue weighted by atomic mass is 10.1. The summed E-state index contributed by atoms with van der Waals surface area (Å²) >= 11 is 2.85. The number of nitrogens with zero attached hydrogens (tertiary/aromatic N) is 4. The molecule has 2 heterocycles. The number of thiazole rings is 1. The molecular weight excluding hydrogens is 380 g/mol. The van der Waals surface area contributed by atoms with Crippen LogP contribution in [0.2, 0.25) is 0 Å². The zero-order valence-electron chi connectivity index (χ0n) is 15.6. The molecule has 1 aromatic carbocycles. The molecule has 0 aliphatic carbocycles. The van der Waals surface area contributed by atoms with Gasteiger partial charge in [0.25, 0.3) is 5.22 Å². The van der Waals surface area contributed by atoms with Gasteiger partial charge in [0.1, 0.15) is 0 Å². The Morgan fingerprint density at radius 2 is 1.96 bits per heavy atom. The molecule has 0 bridgehead atoms. The summed E-state index contributed by atoms with van der Waals surface area (Å²) in [7, 11) is 1.81. The second kappa shape index (κ2) is 9.14. The van der Waals surface area contributed by atoms with Gasteiger partial charge in [-0.2, -0.15) is 0 Å². The fourth-order valence-electron chi connectivity index (χ4n) is 2.49. The largest absolute Gasteiger partial charge is 0.416 e. The van der Waals surface area contributed by atoms with Crippen LogP contribution in [0.15, 0.2) is 39.3 Å². The molecule has 3 rings (SSSR count). The van der Waals surface area contributed by atoms with E-state index < -0.39 is 0 Å². The fraction of sp³-hybridized carbons (Fsp3) is 0.368. The van der Waals surface area contributed by atoms with Crippen molar-refractivity contribution in [3.63, 3.8) is 0 Å². The van der Waals surface area contributed by atoms with Crippen LogP contribution in [0.3, 0.4) is 0 Å². The smallest absolute Gasteiger partial charge is 0.277 e. The van der Waals surface area contributed by atoms with Crippen LogP contribution >= 0.6 is 23.1 Å². The van der Waals surface area contributed by atoms with Crippen LogP contribution in [-0.2, 0) is 24.2 Å². The number of thioether (sulfide) groups is 1. The molecule has 27 heavy (non-hydrogen) atoms. The standard InChI is InChI=1S/C19H22N4O2S2/c1-4-14-5-7-15(8-6-14)10-23(3)18(24)12-27-19-22-21-17(25-19)9-16-11-26-13(2)20-16/h5-8,11H,4,9-10,12H2,1-3H3. The van der Waals surface area contributed by atoms with Gasteiger partial charge in [0.2, 0.25) is 11.8 Å². The Bertz CT molecular complexity index is 889. The summed E-state index contributed by atoms with van der Waals surface area (Å²) < 4.78 is 5.61. The van der Waals surface area contributed by atoms with Crippen molar-refractivity contribution in [1.29, 1.82) is 0 Å². The Labute approximate surface area is 167 Å². The lowest BCUT2D eigenvalue weighted by Gasteiger charge is -2.16. The van der Waals surface area contributed by atoms with E-state index in [9.17, 15) is 4.79 Å². The van der Waals surface area contributed by atoms with Crippen molar-refractivity contribution in [3.05, 3.63) is 57.4 Å². The molecular formula is C19H22N4O2S2. The number of hydrogen-bond acceptors (Lipinski definition) is 7. The maximum Gasteiger partial charge on any atom is 0.277 e. The lowest BCUT2D eigenvalue weighted by molar-refractivity contribution is -0.127. The molecule has 0 N–H and O–H groups in total. The highest BCUT2D eigenvalue weighted by molar-refractivity contribution is 7.99. The highest BCUT2D eigenvalue weighted by Gasteiger charge is 2.14. The van der Waals surface area contributed by atoms with Crippen LogP contribution in [0, 0.1) is 6.92 Å². The second-order valence-electron chi connectivity index (χ2n) is 6.20. The van der Waals surface area contributed by atoms with E-state index in [2.05, 4.69) is 46.4 Å². The number of aromatic nitrogens is 3. The average molecular weight is 403 g/mol. The zero-order valence-corrected chi connectivity index (χ0v) is 17.3. The van der Waals surface area contributed by atoms with Crippen molar-refractivity contribution >= 4 is 29.0 Å². The Kier molecular flexibility index (Phi) is 6.63. The zero-order chi connectivity index (χ0) is 19.2. The highest BCUT2D eigenvalue weighted by Crippen LogP contribution is 2.19. The van der Waals surface area contributed by atoms with E-state index in [0.717, 1.165) is 22.7 Å². The first-order valence-electron chi connectivity index (χ1n) is 8.71. The van der Waals surface area contributed by atoms with Crippen molar-refractivity contribution < 1.29 is 9.21 Å². The summed E-state index contributed by atoms with van der Waals surface area (Å²) in [5.74, 6) is 0.801. The van der Waals surface area contributed by atoms with Gasteiger partial charge in [-0.15, -0.1) is 21.5 Å². The molecule has 0 aliphatic heterocycles. The van der Waals surface area contributed by atoms with Crippen LogP contribution in [0.5, 0.6) is 0 Å². The molecule has 0 aliphatic rings. The average Bonchev–Trinajstić information content (AvgIpc) is 3.29. The monoisotopic (exact) mass is 402 g/mol. The molecule has 2 aromatic heterocycles. The summed E-state index contributed by atoms with van der Waals surface area (Å²) in [5.41, 5.74) is 3.33. The SMILES string of the molecule is CCc1ccc(CN(C)C(=O)CSc2nnc(Cc3csc(C)n3)o2)cc1. The lowest BCUT2D eigenvalue weighted by Crippen LogP contribution is -2.27. The Balaban J connectivity index is 1.48. The van der Waals surface area contributed by atoms with Gasteiger partial charge in [0.15, 0.2) is 0 Å². The maximum atomic E-state index is 12.4. The quantitative estimate of drug-likeness (QED) is 0.535. The second-order valence-corrected chi connectivity index (χ2v) is 8.19. The van der Waals surface area contributed by atoms with Gasteiger partial charge in [0.05, 0.1) is 22.9 Å². The van der Waals surface area contributed by atoms with Crippen molar-refractivity contribution in [2.45, 2.75) is 38.5 Å². The molecule has 0 spiro atoms. The Hall–Kier alpha value is -2.19. The molecule has 0 saturated carbocycles. The van der Waals surface area contributed by atoms with Crippen LogP contribution in [0.1, 0.15) is 34.6 Å². The molecule has 0 saturated heterocycles. The van der Waals surface area contributed by atoms with Gasteiger partial charge < -0.3 is 9.32 Å². The molecule has 0 fully saturated rings. The summed E-state index contributed by atoms with van der Waals surface area (Å²) in [6.07, 6.45) is 1.53. The minimum Gasteiger partial charge on any atom is -0.416 e. The van der Waals surface area contributed by atoms with Crippen molar-refractivity contribution in [3.8, 4) is 0 Å². The van der Waals surface area contributed by atoms with E-state index in [4.69, 9.17) is 4.42 Å². The van der Waals surface area contributed by atoms with Gasteiger partial charge in [-0.25, -0.2) is 4.98 Å². The third-order valence-corrected chi connectivity index (χ3v) is 5.67. The number of aryl methyl sites for hydroxylation is 2. The van der Waals surface area contributed by atoms with E-state index in [-0.39, 0.29) is 11.7 Å². The summed E-state index contributed by atoms with van der Waals surface area (Å²) in [6.45, 7) is 4.67. The molecule has 0 unspecified atom stereocenters. The summed E-state index contributed by atoms with van der Waals surface area (Å²) in [6, 6.07) is 8.35. The fourth-order valence-corrected chi connectivity index (χ4v) is 3.82. The number of benzene rings is 1. The van der Waals surface area contributed by atoms with Crippen molar-refractivity contribution in [1.82, 2.24) is 20.1 Å². The van der Waals surface area contributed by atoms with E-state index in [1.54, 1.807) is 23.3 Å². The third-order valence-electron chi connectivity index (χ3n) is 4.04. The van der Waals surface area contributed by atoms with Crippen molar-refractivity contribution in [2.24, 2.45) is 0 Å². The molecule has 142 valence electrons. The topological polar surface area (TPSA) is 72.1 Å². The number of carbonyl (C=O) groups excluding carboxylic acids is 1. The predicted octanol–water partition coefficient (Wildman–Crippen LogP) is 3.74. The minimum atomic E-state index is 0.0226. The maximum absolute atomic E-state index is 12.4. The first-order valence-corrected chi connectivity index (χ1v) is 10.6. The van der Waals surface area contributed by atoms with Gasteiger partial charge in [-0.3, -0.25) is 4.79 Å². The minimum absolute atomic E-state index is 0.0226. The first-order chi connectivity index (χ1) is 13.0. The van der Waals surface area contributed by atoms with Gasteiger partial charge >= 0.3 is 0 Å². The predicted molar refractivity (Wildman–Crippen MR) is 107 cm³/mol. The summed E-state index contributed by atoms with van der Waals surface area (Å²) in [5, 5.41) is 11.4. The van der Waals surface area contributed by atoms with Gasteiger partial charge in [-0.1, -0.05) is 43.0 Å². The first kappa shape index (κ1) is 19.6. The number of rotatable bonds is 8. The highest BCUT2D eigenvalue weighted by atomic mass is 32.2. The van der Waals surface area contributed by atoms with Gasteiger partial charge in [-0.05, 0) is 24.5 Å². The Morgan fingerprint density at radius 1 is 1.22 bits per heavy atom. The molecule has 8 heteroatoms. The number of hydrogen-bond donors (Lipinski definition) is 0. The number of amides is 1. The Morgan fingerprint density at radius 3 is 2.63 bits per heavy atom. The molecule has 3 aromatic rings. The van der Waals surface area contributed by atoms with Crippen molar-refractivity contribution in [2.75, 3.05) is 12.8 Å². The van der Waals surface area contributed by atoms with Gasteiger partial charge in [0, 0.05) is 19.0 Å². The van der Waals surface area contributed by atoms with E-state index in [1.807, 2.05) is 12.3 Å². The molecule has 6 nitrogen and oxygen atoms in total. The van der Waals surface area contributed by atoms with Crippen LogP contribution < -0.4 is 0 Å². The molecule has 1 amide bonds. The molecule has 0 radical (unpaired) electrons. The van der Waals surface area contributed by atoms with Crippen LogP contribution in [-0.4, -0.2) is 38.8 Å². The molecule has 0 atom stereocenters.